The van der Waals surface area contributed by atoms with Crippen LogP contribution < -0.4 is 0 Å². The number of hydrogen-bond acceptors (Lipinski definition) is 2. The first-order valence-corrected chi connectivity index (χ1v) is 6.09. The van der Waals surface area contributed by atoms with Crippen molar-refractivity contribution in [3.05, 3.63) is 23.1 Å². The molecule has 0 bridgehead atoms. The Labute approximate surface area is 100 Å². The molecule has 1 fully saturated rings. The quantitative estimate of drug-likeness (QED) is 0.796. The van der Waals surface area contributed by atoms with Crippen molar-refractivity contribution >= 4 is 17.5 Å². The average Bonchev–Trinajstić information content (AvgIpc) is 2.83. The maximum atomic E-state index is 12.2. The van der Waals surface area contributed by atoms with Crippen molar-refractivity contribution in [2.24, 2.45) is 0 Å². The van der Waals surface area contributed by atoms with E-state index in [0.717, 1.165) is 19.3 Å². The standard InChI is InChI=1S/C12H16ClNO2/c1-3-9-5-4-8(2)14(9)12(15)10-6-7-11(13)16-10/h6-9H,3-5H2,1-2H3. The summed E-state index contributed by atoms with van der Waals surface area (Å²) in [6.07, 6.45) is 3.14. The Morgan fingerprint density at radius 3 is 2.88 bits per heavy atom. The summed E-state index contributed by atoms with van der Waals surface area (Å²) in [5.74, 6) is 0.306. The maximum absolute atomic E-state index is 12.2. The van der Waals surface area contributed by atoms with Crippen LogP contribution >= 0.6 is 11.6 Å². The second kappa shape index (κ2) is 4.50. The van der Waals surface area contributed by atoms with E-state index in [0.29, 0.717) is 17.8 Å². The van der Waals surface area contributed by atoms with E-state index in [-0.39, 0.29) is 11.1 Å². The van der Waals surface area contributed by atoms with Gasteiger partial charge in [-0.1, -0.05) is 6.92 Å². The van der Waals surface area contributed by atoms with Gasteiger partial charge in [-0.3, -0.25) is 4.79 Å². The van der Waals surface area contributed by atoms with Gasteiger partial charge in [-0.25, -0.2) is 0 Å². The van der Waals surface area contributed by atoms with Crippen LogP contribution in [0.15, 0.2) is 16.5 Å². The molecule has 1 aliphatic heterocycles. The molecule has 1 aliphatic rings. The number of carbonyl (C=O) groups is 1. The van der Waals surface area contributed by atoms with Crippen LogP contribution in [-0.4, -0.2) is 22.9 Å². The third-order valence-electron chi connectivity index (χ3n) is 3.28. The first-order chi connectivity index (χ1) is 7.63. The van der Waals surface area contributed by atoms with Crippen molar-refractivity contribution in [2.45, 2.75) is 45.2 Å². The Hall–Kier alpha value is -0.960. The molecule has 2 heterocycles. The first-order valence-electron chi connectivity index (χ1n) is 5.71. The molecule has 0 aliphatic carbocycles. The summed E-state index contributed by atoms with van der Waals surface area (Å²) in [7, 11) is 0. The number of amides is 1. The van der Waals surface area contributed by atoms with Gasteiger partial charge in [0.1, 0.15) is 0 Å². The molecule has 2 rings (SSSR count). The fourth-order valence-electron chi connectivity index (χ4n) is 2.39. The summed E-state index contributed by atoms with van der Waals surface area (Å²) in [6, 6.07) is 3.88. The lowest BCUT2D eigenvalue weighted by molar-refractivity contribution is 0.0643. The number of halogens is 1. The molecule has 0 saturated carbocycles. The molecule has 1 saturated heterocycles. The van der Waals surface area contributed by atoms with E-state index in [4.69, 9.17) is 16.0 Å². The Morgan fingerprint density at radius 1 is 1.56 bits per heavy atom. The zero-order valence-corrected chi connectivity index (χ0v) is 10.3. The van der Waals surface area contributed by atoms with Gasteiger partial charge in [0.05, 0.1) is 0 Å². The minimum atomic E-state index is -0.0382. The van der Waals surface area contributed by atoms with Crippen molar-refractivity contribution in [3.8, 4) is 0 Å². The zero-order valence-electron chi connectivity index (χ0n) is 9.57. The monoisotopic (exact) mass is 241 g/mol. The van der Waals surface area contributed by atoms with Gasteiger partial charge in [0.2, 0.25) is 0 Å². The normalized spacial score (nSPS) is 25.1. The molecular formula is C12H16ClNO2. The Morgan fingerprint density at radius 2 is 2.31 bits per heavy atom. The van der Waals surface area contributed by atoms with E-state index in [9.17, 15) is 4.79 Å². The molecule has 2 unspecified atom stereocenters. The topological polar surface area (TPSA) is 33.5 Å². The van der Waals surface area contributed by atoms with Crippen molar-refractivity contribution in [2.75, 3.05) is 0 Å². The molecule has 2 atom stereocenters. The van der Waals surface area contributed by atoms with Gasteiger partial charge in [0.15, 0.2) is 11.0 Å². The number of hydrogen-bond donors (Lipinski definition) is 0. The lowest BCUT2D eigenvalue weighted by Gasteiger charge is -2.26. The summed E-state index contributed by atoms with van der Waals surface area (Å²) >= 11 is 5.68. The molecule has 16 heavy (non-hydrogen) atoms. The SMILES string of the molecule is CCC1CCC(C)N1C(=O)c1ccc(Cl)o1. The Balaban J connectivity index is 2.20. The molecule has 0 N–H and O–H groups in total. The Kier molecular flexibility index (Phi) is 3.24. The third kappa shape index (κ3) is 1.96. The van der Waals surface area contributed by atoms with Crippen LogP contribution in [0.2, 0.25) is 5.22 Å². The number of nitrogens with zero attached hydrogens (tertiary/aromatic N) is 1. The predicted octanol–water partition coefficient (Wildman–Crippen LogP) is 3.34. The molecule has 0 aromatic carbocycles. The molecular weight excluding hydrogens is 226 g/mol. The van der Waals surface area contributed by atoms with Crippen molar-refractivity contribution in [1.29, 1.82) is 0 Å². The van der Waals surface area contributed by atoms with Crippen LogP contribution in [-0.2, 0) is 0 Å². The van der Waals surface area contributed by atoms with Gasteiger partial charge >= 0.3 is 0 Å². The van der Waals surface area contributed by atoms with Crippen LogP contribution in [0.4, 0.5) is 0 Å². The highest BCUT2D eigenvalue weighted by molar-refractivity contribution is 6.29. The lowest BCUT2D eigenvalue weighted by Crippen LogP contribution is -2.39. The minimum absolute atomic E-state index is 0.0382. The summed E-state index contributed by atoms with van der Waals surface area (Å²) in [5.41, 5.74) is 0. The Bertz CT molecular complexity index is 388. The summed E-state index contributed by atoms with van der Waals surface area (Å²) in [5, 5.41) is 0.267. The summed E-state index contributed by atoms with van der Waals surface area (Å²) < 4.78 is 5.17. The average molecular weight is 242 g/mol. The van der Waals surface area contributed by atoms with Crippen LogP contribution in [0.1, 0.15) is 43.7 Å². The highest BCUT2D eigenvalue weighted by Gasteiger charge is 2.34. The van der Waals surface area contributed by atoms with E-state index >= 15 is 0 Å². The van der Waals surface area contributed by atoms with Crippen molar-refractivity contribution in [1.82, 2.24) is 4.90 Å². The second-order valence-corrected chi connectivity index (χ2v) is 4.68. The molecule has 0 spiro atoms. The lowest BCUT2D eigenvalue weighted by atomic mass is 10.1. The largest absolute Gasteiger partial charge is 0.440 e. The number of likely N-dealkylation sites (tertiary alicyclic amines) is 1. The summed E-state index contributed by atoms with van der Waals surface area (Å²) in [6.45, 7) is 4.19. The number of furan rings is 1. The van der Waals surface area contributed by atoms with E-state index in [1.807, 2.05) is 4.90 Å². The smallest absolute Gasteiger partial charge is 0.290 e. The predicted molar refractivity (Wildman–Crippen MR) is 62.7 cm³/mol. The molecule has 0 radical (unpaired) electrons. The molecule has 1 aromatic heterocycles. The van der Waals surface area contributed by atoms with Gasteiger partial charge < -0.3 is 9.32 Å². The minimum Gasteiger partial charge on any atom is -0.440 e. The van der Waals surface area contributed by atoms with E-state index < -0.39 is 0 Å². The van der Waals surface area contributed by atoms with Crippen molar-refractivity contribution in [3.63, 3.8) is 0 Å². The number of rotatable bonds is 2. The molecule has 88 valence electrons. The van der Waals surface area contributed by atoms with E-state index in [2.05, 4.69) is 13.8 Å². The zero-order chi connectivity index (χ0) is 11.7. The van der Waals surface area contributed by atoms with E-state index in [1.165, 1.54) is 0 Å². The highest BCUT2D eigenvalue weighted by atomic mass is 35.5. The van der Waals surface area contributed by atoms with E-state index in [1.54, 1.807) is 12.1 Å². The summed E-state index contributed by atoms with van der Waals surface area (Å²) in [4.78, 5) is 14.1. The van der Waals surface area contributed by atoms with Crippen LogP contribution in [0.3, 0.4) is 0 Å². The van der Waals surface area contributed by atoms with Gasteiger partial charge in [-0.05, 0) is 49.9 Å². The fourth-order valence-corrected chi connectivity index (χ4v) is 2.54. The second-order valence-electron chi connectivity index (χ2n) is 4.30. The molecule has 1 aromatic rings. The first kappa shape index (κ1) is 11.5. The van der Waals surface area contributed by atoms with Gasteiger partial charge in [-0.2, -0.15) is 0 Å². The van der Waals surface area contributed by atoms with Crippen LogP contribution in [0.5, 0.6) is 0 Å². The van der Waals surface area contributed by atoms with Crippen LogP contribution in [0, 0.1) is 0 Å². The third-order valence-corrected chi connectivity index (χ3v) is 3.48. The van der Waals surface area contributed by atoms with Gasteiger partial charge in [0, 0.05) is 12.1 Å². The fraction of sp³-hybridized carbons (Fsp3) is 0.583. The van der Waals surface area contributed by atoms with Gasteiger partial charge in [-0.15, -0.1) is 0 Å². The van der Waals surface area contributed by atoms with Crippen LogP contribution in [0.25, 0.3) is 0 Å². The van der Waals surface area contributed by atoms with Crippen molar-refractivity contribution < 1.29 is 9.21 Å². The molecule has 1 amide bonds. The maximum Gasteiger partial charge on any atom is 0.290 e. The number of carbonyl (C=O) groups excluding carboxylic acids is 1. The molecule has 4 heteroatoms. The van der Waals surface area contributed by atoms with Gasteiger partial charge in [0.25, 0.3) is 5.91 Å². The molecule has 3 nitrogen and oxygen atoms in total. The highest BCUT2D eigenvalue weighted by Crippen LogP contribution is 2.28.